The second-order valence-electron chi connectivity index (χ2n) is 9.85. The molecule has 2 heterocycles. The zero-order valence-electron chi connectivity index (χ0n) is 21.0. The Morgan fingerprint density at radius 1 is 1.03 bits per heavy atom. The molecule has 2 aliphatic rings. The van der Waals surface area contributed by atoms with Crippen LogP contribution in [0.3, 0.4) is 0 Å². The first kappa shape index (κ1) is 23.8. The molecule has 0 aliphatic carbocycles. The third-order valence-corrected chi connectivity index (χ3v) is 7.26. The monoisotopic (exact) mass is 481 g/mol. The predicted octanol–water partition coefficient (Wildman–Crippen LogP) is 4.95. The molecule has 184 valence electrons. The van der Waals surface area contributed by atoms with Crippen molar-refractivity contribution in [3.8, 4) is 0 Å². The zero-order chi connectivity index (χ0) is 25.4. The Hall–Kier alpha value is -3.93. The molecule has 3 aromatic rings. The highest BCUT2D eigenvalue weighted by Crippen LogP contribution is 2.33. The van der Waals surface area contributed by atoms with Gasteiger partial charge in [0.05, 0.1) is 23.8 Å². The summed E-state index contributed by atoms with van der Waals surface area (Å²) in [5.74, 6) is -0.314. The molecule has 2 atom stereocenters. The molecule has 0 unspecified atom stereocenters. The number of hydrogen-bond acceptors (Lipinski definition) is 3. The largest absolute Gasteiger partial charge is 0.346 e. The van der Waals surface area contributed by atoms with E-state index in [4.69, 9.17) is 0 Å². The van der Waals surface area contributed by atoms with E-state index in [9.17, 15) is 14.4 Å². The maximum Gasteiger partial charge on any atom is 0.256 e. The molecule has 3 amide bonds. The van der Waals surface area contributed by atoms with Crippen LogP contribution < -0.4 is 10.2 Å². The normalized spacial score (nSPS) is 17.9. The van der Waals surface area contributed by atoms with Crippen molar-refractivity contribution in [3.05, 3.63) is 100 Å². The summed E-state index contributed by atoms with van der Waals surface area (Å²) in [5, 5.41) is 3.10. The van der Waals surface area contributed by atoms with Crippen LogP contribution in [0.4, 0.5) is 5.69 Å². The van der Waals surface area contributed by atoms with E-state index in [0.717, 1.165) is 23.1 Å². The molecule has 1 fully saturated rings. The summed E-state index contributed by atoms with van der Waals surface area (Å²) < 4.78 is 0. The number of benzene rings is 3. The molecule has 0 bridgehead atoms. The Bertz CT molecular complexity index is 1350. The van der Waals surface area contributed by atoms with Crippen molar-refractivity contribution in [1.29, 1.82) is 0 Å². The van der Waals surface area contributed by atoms with Crippen molar-refractivity contribution >= 4 is 23.4 Å². The Labute approximate surface area is 211 Å². The van der Waals surface area contributed by atoms with Gasteiger partial charge in [0.15, 0.2) is 0 Å². The first-order valence-electron chi connectivity index (χ1n) is 12.5. The van der Waals surface area contributed by atoms with Gasteiger partial charge in [-0.1, -0.05) is 48.0 Å². The van der Waals surface area contributed by atoms with Crippen LogP contribution in [0.2, 0.25) is 0 Å². The molecular formula is C30H31N3O3. The van der Waals surface area contributed by atoms with Gasteiger partial charge in [-0.3, -0.25) is 14.4 Å². The molecule has 2 aliphatic heterocycles. The summed E-state index contributed by atoms with van der Waals surface area (Å²) >= 11 is 0. The van der Waals surface area contributed by atoms with Gasteiger partial charge in [-0.05, 0) is 74.6 Å². The van der Waals surface area contributed by atoms with Crippen LogP contribution in [0, 0.1) is 13.8 Å². The molecule has 36 heavy (non-hydrogen) atoms. The van der Waals surface area contributed by atoms with Crippen LogP contribution in [0.15, 0.2) is 66.7 Å². The van der Waals surface area contributed by atoms with Gasteiger partial charge in [-0.15, -0.1) is 0 Å². The number of aryl methyl sites for hydroxylation is 2. The first-order valence-corrected chi connectivity index (χ1v) is 12.5. The fraction of sp³-hybridized carbons (Fsp3) is 0.300. The molecule has 1 saturated heterocycles. The molecule has 6 nitrogen and oxygen atoms in total. The third-order valence-electron chi connectivity index (χ3n) is 7.26. The minimum absolute atomic E-state index is 0.0656. The molecule has 0 spiro atoms. The van der Waals surface area contributed by atoms with Gasteiger partial charge >= 0.3 is 0 Å². The molecule has 3 aromatic carbocycles. The topological polar surface area (TPSA) is 69.7 Å². The molecule has 0 saturated carbocycles. The van der Waals surface area contributed by atoms with Crippen LogP contribution in [-0.4, -0.2) is 35.2 Å². The number of hydrogen-bond donors (Lipinski definition) is 1. The number of para-hydroxylation sites is 1. The fourth-order valence-corrected chi connectivity index (χ4v) is 5.44. The van der Waals surface area contributed by atoms with Crippen molar-refractivity contribution in [2.45, 2.75) is 52.2 Å². The zero-order valence-corrected chi connectivity index (χ0v) is 21.0. The first-order chi connectivity index (χ1) is 17.3. The van der Waals surface area contributed by atoms with Crippen LogP contribution in [0.5, 0.6) is 0 Å². The van der Waals surface area contributed by atoms with Crippen LogP contribution in [-0.2, 0) is 11.3 Å². The van der Waals surface area contributed by atoms with Crippen LogP contribution in [0.1, 0.15) is 68.8 Å². The maximum atomic E-state index is 13.6. The van der Waals surface area contributed by atoms with Crippen molar-refractivity contribution in [2.24, 2.45) is 0 Å². The van der Waals surface area contributed by atoms with Crippen molar-refractivity contribution in [1.82, 2.24) is 10.2 Å². The van der Waals surface area contributed by atoms with E-state index in [-0.39, 0.29) is 23.8 Å². The van der Waals surface area contributed by atoms with E-state index in [1.165, 1.54) is 5.56 Å². The van der Waals surface area contributed by atoms with Crippen molar-refractivity contribution < 1.29 is 14.4 Å². The van der Waals surface area contributed by atoms with Crippen molar-refractivity contribution in [2.75, 3.05) is 11.4 Å². The number of carbonyl (C=O) groups excluding carboxylic acids is 3. The minimum atomic E-state index is -0.435. The van der Waals surface area contributed by atoms with E-state index in [1.807, 2.05) is 43.3 Å². The van der Waals surface area contributed by atoms with Gasteiger partial charge in [0, 0.05) is 12.1 Å². The number of amides is 3. The molecule has 0 radical (unpaired) electrons. The van der Waals surface area contributed by atoms with E-state index in [2.05, 4.69) is 37.4 Å². The maximum absolute atomic E-state index is 13.6. The van der Waals surface area contributed by atoms with Gasteiger partial charge in [-0.2, -0.15) is 0 Å². The summed E-state index contributed by atoms with van der Waals surface area (Å²) in [6.07, 6.45) is 1.50. The second-order valence-corrected chi connectivity index (χ2v) is 9.85. The molecule has 1 N–H and O–H groups in total. The quantitative estimate of drug-likeness (QED) is 0.561. The smallest absolute Gasteiger partial charge is 0.256 e. The van der Waals surface area contributed by atoms with Gasteiger partial charge < -0.3 is 15.1 Å². The Kier molecular flexibility index (Phi) is 6.35. The average molecular weight is 482 g/mol. The third kappa shape index (κ3) is 4.39. The molecular weight excluding hydrogens is 450 g/mol. The van der Waals surface area contributed by atoms with E-state index >= 15 is 0 Å². The fourth-order valence-electron chi connectivity index (χ4n) is 5.44. The molecule has 0 aromatic heterocycles. The highest BCUT2D eigenvalue weighted by molar-refractivity contribution is 6.11. The highest BCUT2D eigenvalue weighted by Gasteiger charge is 2.41. The number of fused-ring (bicyclic) bond motifs is 2. The summed E-state index contributed by atoms with van der Waals surface area (Å²) in [4.78, 5) is 43.3. The molecule has 5 rings (SSSR count). The number of carbonyl (C=O) groups is 3. The number of nitrogens with one attached hydrogen (secondary N) is 1. The second kappa shape index (κ2) is 9.61. The Balaban J connectivity index is 1.39. The van der Waals surface area contributed by atoms with Gasteiger partial charge in [-0.25, -0.2) is 0 Å². The van der Waals surface area contributed by atoms with Gasteiger partial charge in [0.1, 0.15) is 6.04 Å². The predicted molar refractivity (Wildman–Crippen MR) is 140 cm³/mol. The van der Waals surface area contributed by atoms with Gasteiger partial charge in [0.25, 0.3) is 11.8 Å². The number of rotatable bonds is 5. The summed E-state index contributed by atoms with van der Waals surface area (Å²) in [6.45, 7) is 6.99. The van der Waals surface area contributed by atoms with E-state index in [0.29, 0.717) is 36.3 Å². The summed E-state index contributed by atoms with van der Waals surface area (Å²) in [6, 6.07) is 20.3. The SMILES string of the molecule is Cc1ccc([C@H](C)NC(=O)c2cccc(CN3C(=O)[C@@H]4CCCN4C(=O)c4ccccc43)c2)c(C)c1. The summed E-state index contributed by atoms with van der Waals surface area (Å²) in [7, 11) is 0. The lowest BCUT2D eigenvalue weighted by Gasteiger charge is -2.26. The highest BCUT2D eigenvalue weighted by atomic mass is 16.2. The molecule has 6 heteroatoms. The minimum Gasteiger partial charge on any atom is -0.346 e. The van der Waals surface area contributed by atoms with Crippen LogP contribution >= 0.6 is 0 Å². The van der Waals surface area contributed by atoms with E-state index in [1.54, 1.807) is 21.9 Å². The lowest BCUT2D eigenvalue weighted by Crippen LogP contribution is -2.44. The average Bonchev–Trinajstić information content (AvgIpc) is 3.34. The van der Waals surface area contributed by atoms with Gasteiger partial charge in [0.2, 0.25) is 5.91 Å². The number of anilines is 1. The standard InChI is InChI=1S/C30H31N3O3/c1-19-13-14-24(20(2)16-19)21(3)31-28(34)23-9-6-8-22(17-23)18-33-26-11-5-4-10-25(26)29(35)32-15-7-12-27(32)30(33)36/h4-6,8-11,13-14,16-17,21,27H,7,12,15,18H2,1-3H3,(H,31,34)/t21-,27-/m0/s1. The number of nitrogens with zero attached hydrogens (tertiary/aromatic N) is 2. The lowest BCUT2D eigenvalue weighted by atomic mass is 10.00. The Morgan fingerprint density at radius 2 is 1.83 bits per heavy atom. The Morgan fingerprint density at radius 3 is 2.64 bits per heavy atom. The van der Waals surface area contributed by atoms with Crippen LogP contribution in [0.25, 0.3) is 0 Å². The van der Waals surface area contributed by atoms with E-state index < -0.39 is 6.04 Å². The summed E-state index contributed by atoms with van der Waals surface area (Å²) in [5.41, 5.74) is 5.97. The lowest BCUT2D eigenvalue weighted by molar-refractivity contribution is -0.122. The van der Waals surface area contributed by atoms with Crippen molar-refractivity contribution in [3.63, 3.8) is 0 Å².